The van der Waals surface area contributed by atoms with Crippen LogP contribution >= 0.6 is 11.6 Å². The van der Waals surface area contributed by atoms with Crippen LogP contribution in [-0.4, -0.2) is 15.6 Å². The summed E-state index contributed by atoms with van der Waals surface area (Å²) < 4.78 is 2.24. The maximum absolute atomic E-state index is 6.37. The second-order valence-corrected chi connectivity index (χ2v) is 6.36. The lowest BCUT2D eigenvalue weighted by Gasteiger charge is -2.25. The number of hydrogen-bond donors (Lipinski definition) is 1. The summed E-state index contributed by atoms with van der Waals surface area (Å²) >= 11 is 6.37. The van der Waals surface area contributed by atoms with E-state index in [-0.39, 0.29) is 5.54 Å². The first-order chi connectivity index (χ1) is 10.1. The molecule has 1 aromatic carbocycles. The lowest BCUT2D eigenvalue weighted by molar-refractivity contribution is 0.396. The van der Waals surface area contributed by atoms with Gasteiger partial charge in [0.15, 0.2) is 0 Å². The first-order valence-electron chi connectivity index (χ1n) is 7.67. The normalized spacial score (nSPS) is 17.7. The highest BCUT2D eigenvalue weighted by Crippen LogP contribution is 2.48. The molecule has 1 fully saturated rings. The van der Waals surface area contributed by atoms with Gasteiger partial charge in [-0.1, -0.05) is 36.7 Å². The molecule has 1 N–H and O–H groups in total. The molecule has 3 nitrogen and oxygen atoms in total. The predicted octanol–water partition coefficient (Wildman–Crippen LogP) is 3.77. The molecule has 2 aromatic rings. The summed E-state index contributed by atoms with van der Waals surface area (Å²) in [4.78, 5) is 4.39. The van der Waals surface area contributed by atoms with Crippen LogP contribution in [0.1, 0.15) is 38.1 Å². The minimum atomic E-state index is 0.0741. The van der Waals surface area contributed by atoms with Crippen LogP contribution in [0.4, 0.5) is 0 Å². The maximum Gasteiger partial charge on any atom is 0.108 e. The average molecular weight is 304 g/mol. The van der Waals surface area contributed by atoms with Crippen molar-refractivity contribution in [3.05, 3.63) is 53.1 Å². The van der Waals surface area contributed by atoms with Crippen LogP contribution < -0.4 is 5.32 Å². The third-order valence-corrected chi connectivity index (χ3v) is 4.58. The number of halogens is 1. The molecule has 1 aromatic heterocycles. The first kappa shape index (κ1) is 14.6. The summed E-state index contributed by atoms with van der Waals surface area (Å²) in [5.41, 5.74) is 1.31. The second kappa shape index (κ2) is 5.82. The Morgan fingerprint density at radius 1 is 1.38 bits per heavy atom. The second-order valence-electron chi connectivity index (χ2n) is 5.96. The quantitative estimate of drug-likeness (QED) is 0.880. The smallest absolute Gasteiger partial charge is 0.108 e. The van der Waals surface area contributed by atoms with Crippen molar-refractivity contribution in [2.45, 2.75) is 51.2 Å². The molecule has 21 heavy (non-hydrogen) atoms. The van der Waals surface area contributed by atoms with Crippen molar-refractivity contribution in [2.24, 2.45) is 0 Å². The van der Waals surface area contributed by atoms with E-state index in [2.05, 4.69) is 47.0 Å². The highest BCUT2D eigenvalue weighted by molar-refractivity contribution is 6.31. The Morgan fingerprint density at radius 3 is 2.81 bits per heavy atom. The lowest BCUT2D eigenvalue weighted by Crippen LogP contribution is -2.39. The molecule has 1 aliphatic rings. The highest BCUT2D eigenvalue weighted by Gasteiger charge is 2.46. The van der Waals surface area contributed by atoms with Gasteiger partial charge in [-0.2, -0.15) is 0 Å². The fourth-order valence-corrected chi connectivity index (χ4v) is 3.42. The van der Waals surface area contributed by atoms with Crippen LogP contribution in [0.5, 0.6) is 0 Å². The fourth-order valence-electron chi connectivity index (χ4n) is 3.10. The van der Waals surface area contributed by atoms with Crippen molar-refractivity contribution in [3.63, 3.8) is 0 Å². The Hall–Kier alpha value is -1.32. The Kier molecular flexibility index (Phi) is 4.05. The molecule has 0 aliphatic heterocycles. The van der Waals surface area contributed by atoms with E-state index in [1.807, 2.05) is 18.3 Å². The van der Waals surface area contributed by atoms with Gasteiger partial charge in [-0.25, -0.2) is 4.98 Å². The van der Waals surface area contributed by atoms with Gasteiger partial charge >= 0.3 is 0 Å². The van der Waals surface area contributed by atoms with Gasteiger partial charge in [0.25, 0.3) is 0 Å². The third-order valence-electron chi connectivity index (χ3n) is 4.25. The van der Waals surface area contributed by atoms with Gasteiger partial charge in [-0.15, -0.1) is 0 Å². The zero-order chi connectivity index (χ0) is 14.9. The summed E-state index contributed by atoms with van der Waals surface area (Å²) in [6.07, 6.45) is 7.23. The van der Waals surface area contributed by atoms with E-state index >= 15 is 0 Å². The van der Waals surface area contributed by atoms with Crippen molar-refractivity contribution in [1.29, 1.82) is 0 Å². The molecule has 0 bridgehead atoms. The minimum absolute atomic E-state index is 0.0741. The van der Waals surface area contributed by atoms with Crippen molar-refractivity contribution < 1.29 is 0 Å². The van der Waals surface area contributed by atoms with Crippen LogP contribution in [0.3, 0.4) is 0 Å². The van der Waals surface area contributed by atoms with E-state index in [0.29, 0.717) is 6.04 Å². The third kappa shape index (κ3) is 2.99. The summed E-state index contributed by atoms with van der Waals surface area (Å²) in [7, 11) is 0. The van der Waals surface area contributed by atoms with Crippen LogP contribution in [0.25, 0.3) is 0 Å². The number of hydrogen-bond acceptors (Lipinski definition) is 2. The van der Waals surface area contributed by atoms with Crippen LogP contribution in [0, 0.1) is 0 Å². The van der Waals surface area contributed by atoms with Crippen LogP contribution in [0.2, 0.25) is 5.02 Å². The molecule has 1 aliphatic carbocycles. The van der Waals surface area contributed by atoms with Gasteiger partial charge in [-0.05, 0) is 31.4 Å². The van der Waals surface area contributed by atoms with Gasteiger partial charge in [0.1, 0.15) is 5.82 Å². The molecule has 4 heteroatoms. The molecule has 0 amide bonds. The Balaban J connectivity index is 1.70. The molecule has 0 saturated heterocycles. The maximum atomic E-state index is 6.37. The standard InChI is InChI=1S/C17H22ClN3/c1-3-16-19-10-11-21(16)12-13(2)20-17(8-9-17)14-6-4-5-7-15(14)18/h4-7,10-11,13,20H,3,8-9,12H2,1-2H3. The average Bonchev–Trinajstić information content (AvgIpc) is 3.09. The molecule has 1 unspecified atom stereocenters. The molecular formula is C17H22ClN3. The summed E-state index contributed by atoms with van der Waals surface area (Å²) in [5, 5.41) is 4.65. The highest BCUT2D eigenvalue weighted by atomic mass is 35.5. The largest absolute Gasteiger partial charge is 0.333 e. The van der Waals surface area contributed by atoms with E-state index in [1.54, 1.807) is 0 Å². The topological polar surface area (TPSA) is 29.9 Å². The number of imidazole rings is 1. The zero-order valence-electron chi connectivity index (χ0n) is 12.6. The SMILES string of the molecule is CCc1nccn1CC(C)NC1(c2ccccc2Cl)CC1. The van der Waals surface area contributed by atoms with Crippen molar-refractivity contribution >= 4 is 11.6 Å². The van der Waals surface area contributed by atoms with Gasteiger partial charge < -0.3 is 9.88 Å². The molecule has 112 valence electrons. The number of nitrogens with zero attached hydrogens (tertiary/aromatic N) is 2. The lowest BCUT2D eigenvalue weighted by atomic mass is 10.0. The number of rotatable bonds is 6. The molecule has 0 spiro atoms. The van der Waals surface area contributed by atoms with Gasteiger partial charge in [0, 0.05) is 42.0 Å². The van der Waals surface area contributed by atoms with E-state index < -0.39 is 0 Å². The van der Waals surface area contributed by atoms with Gasteiger partial charge in [-0.3, -0.25) is 0 Å². The fraction of sp³-hybridized carbons (Fsp3) is 0.471. The van der Waals surface area contributed by atoms with Crippen molar-refractivity contribution in [1.82, 2.24) is 14.9 Å². The molecule has 0 radical (unpaired) electrons. The van der Waals surface area contributed by atoms with E-state index in [1.165, 1.54) is 5.56 Å². The van der Waals surface area contributed by atoms with E-state index in [9.17, 15) is 0 Å². The predicted molar refractivity (Wildman–Crippen MR) is 86.6 cm³/mol. The number of benzene rings is 1. The molecule has 1 atom stereocenters. The Morgan fingerprint density at radius 2 is 2.14 bits per heavy atom. The molecule has 1 heterocycles. The molecule has 1 saturated carbocycles. The van der Waals surface area contributed by atoms with Gasteiger partial charge in [0.2, 0.25) is 0 Å². The van der Waals surface area contributed by atoms with Crippen LogP contribution in [-0.2, 0) is 18.5 Å². The van der Waals surface area contributed by atoms with E-state index in [0.717, 1.165) is 36.7 Å². The summed E-state index contributed by atoms with van der Waals surface area (Å²) in [6.45, 7) is 5.31. The molecule has 3 rings (SSSR count). The minimum Gasteiger partial charge on any atom is -0.333 e. The number of nitrogens with one attached hydrogen (secondary N) is 1. The van der Waals surface area contributed by atoms with Gasteiger partial charge in [0.05, 0.1) is 0 Å². The van der Waals surface area contributed by atoms with Crippen molar-refractivity contribution in [2.75, 3.05) is 0 Å². The Labute approximate surface area is 131 Å². The number of aryl methyl sites for hydroxylation is 1. The monoisotopic (exact) mass is 303 g/mol. The summed E-state index contributed by atoms with van der Waals surface area (Å²) in [5.74, 6) is 1.14. The van der Waals surface area contributed by atoms with E-state index in [4.69, 9.17) is 11.6 Å². The first-order valence-corrected chi connectivity index (χ1v) is 8.05. The van der Waals surface area contributed by atoms with Crippen LogP contribution in [0.15, 0.2) is 36.7 Å². The molecular weight excluding hydrogens is 282 g/mol. The summed E-state index contributed by atoms with van der Waals surface area (Å²) in [6, 6.07) is 8.56. The Bertz CT molecular complexity index is 616. The number of aromatic nitrogens is 2. The van der Waals surface area contributed by atoms with Crippen molar-refractivity contribution in [3.8, 4) is 0 Å². The zero-order valence-corrected chi connectivity index (χ0v) is 13.4.